The molecule has 0 unspecified atom stereocenters. The Morgan fingerprint density at radius 3 is 2.80 bits per heavy atom. The molecule has 5 nitrogen and oxygen atoms in total. The normalized spacial score (nSPS) is 15.5. The molecular formula is C14H24FN5. The van der Waals surface area contributed by atoms with E-state index in [2.05, 4.69) is 32.4 Å². The number of anilines is 2. The topological polar surface area (TPSA) is 53.1 Å². The molecule has 2 heterocycles. The first kappa shape index (κ1) is 15.0. The Hall–Kier alpha value is -1.43. The lowest BCUT2D eigenvalue weighted by molar-refractivity contribution is 0.337. The van der Waals surface area contributed by atoms with E-state index >= 15 is 0 Å². The maximum Gasteiger partial charge on any atom is 0.224 e. The molecule has 0 atom stereocenters. The van der Waals surface area contributed by atoms with Crippen molar-refractivity contribution in [3.05, 3.63) is 12.0 Å². The largest absolute Gasteiger partial charge is 0.367 e. The lowest BCUT2D eigenvalue weighted by Crippen LogP contribution is -2.22. The molecule has 20 heavy (non-hydrogen) atoms. The van der Waals surface area contributed by atoms with Crippen LogP contribution in [-0.2, 0) is 0 Å². The van der Waals surface area contributed by atoms with Gasteiger partial charge in [-0.25, -0.2) is 9.37 Å². The first-order chi connectivity index (χ1) is 9.79. The number of halogens is 1. The monoisotopic (exact) mass is 281 g/mol. The second-order valence-corrected chi connectivity index (χ2v) is 5.15. The Morgan fingerprint density at radius 2 is 2.05 bits per heavy atom. The quantitative estimate of drug-likeness (QED) is 0.716. The molecule has 0 bridgehead atoms. The smallest absolute Gasteiger partial charge is 0.224 e. The number of hydrogen-bond donors (Lipinski definition) is 2. The van der Waals surface area contributed by atoms with Crippen LogP contribution in [0.3, 0.4) is 0 Å². The fourth-order valence-electron chi connectivity index (χ4n) is 2.33. The molecule has 0 aliphatic carbocycles. The minimum Gasteiger partial charge on any atom is -0.367 e. The van der Waals surface area contributed by atoms with Crippen LogP contribution in [0.25, 0.3) is 0 Å². The standard InChI is InChI=1S/C14H24FN5/c1-2-6-17-14-18-11-12(15)13(19-14)16-7-5-10-20-8-3-4-9-20/h11H,2-10H2,1H3,(H2,16,17,18,19). The Bertz CT molecular complexity index is 407. The summed E-state index contributed by atoms with van der Waals surface area (Å²) in [4.78, 5) is 10.5. The van der Waals surface area contributed by atoms with Crippen molar-refractivity contribution in [3.63, 3.8) is 0 Å². The predicted molar refractivity (Wildman–Crippen MR) is 79.6 cm³/mol. The highest BCUT2D eigenvalue weighted by Crippen LogP contribution is 2.12. The third kappa shape index (κ3) is 4.59. The van der Waals surface area contributed by atoms with Gasteiger partial charge in [-0.15, -0.1) is 0 Å². The summed E-state index contributed by atoms with van der Waals surface area (Å²) in [5, 5.41) is 6.12. The molecule has 2 rings (SSSR count). The van der Waals surface area contributed by atoms with Crippen LogP contribution in [0, 0.1) is 5.82 Å². The molecule has 1 aromatic rings. The van der Waals surface area contributed by atoms with Crippen molar-refractivity contribution < 1.29 is 4.39 Å². The first-order valence-electron chi connectivity index (χ1n) is 7.52. The third-order valence-electron chi connectivity index (χ3n) is 3.42. The minimum absolute atomic E-state index is 0.292. The summed E-state index contributed by atoms with van der Waals surface area (Å²) < 4.78 is 13.6. The van der Waals surface area contributed by atoms with Gasteiger partial charge in [0.25, 0.3) is 0 Å². The van der Waals surface area contributed by atoms with Gasteiger partial charge >= 0.3 is 0 Å². The molecule has 0 aromatic carbocycles. The molecule has 6 heteroatoms. The zero-order chi connectivity index (χ0) is 14.2. The second kappa shape index (κ2) is 7.99. The molecule has 1 aromatic heterocycles. The van der Waals surface area contributed by atoms with Gasteiger partial charge in [0.1, 0.15) is 0 Å². The van der Waals surface area contributed by atoms with Crippen LogP contribution in [0.5, 0.6) is 0 Å². The zero-order valence-corrected chi connectivity index (χ0v) is 12.2. The van der Waals surface area contributed by atoms with E-state index in [1.807, 2.05) is 0 Å². The summed E-state index contributed by atoms with van der Waals surface area (Å²) >= 11 is 0. The highest BCUT2D eigenvalue weighted by atomic mass is 19.1. The molecular weight excluding hydrogens is 257 g/mol. The van der Waals surface area contributed by atoms with Crippen molar-refractivity contribution in [2.24, 2.45) is 0 Å². The first-order valence-corrected chi connectivity index (χ1v) is 7.52. The van der Waals surface area contributed by atoms with Crippen LogP contribution >= 0.6 is 0 Å². The number of nitrogens with one attached hydrogen (secondary N) is 2. The van der Waals surface area contributed by atoms with Gasteiger partial charge < -0.3 is 15.5 Å². The van der Waals surface area contributed by atoms with Gasteiger partial charge in [0.2, 0.25) is 5.95 Å². The lowest BCUT2D eigenvalue weighted by Gasteiger charge is -2.14. The van der Waals surface area contributed by atoms with E-state index in [0.29, 0.717) is 11.8 Å². The van der Waals surface area contributed by atoms with E-state index in [1.165, 1.54) is 32.1 Å². The number of nitrogens with zero attached hydrogens (tertiary/aromatic N) is 3. The molecule has 1 aliphatic rings. The number of aromatic nitrogens is 2. The van der Waals surface area contributed by atoms with Crippen molar-refractivity contribution in [1.82, 2.24) is 14.9 Å². The van der Waals surface area contributed by atoms with Gasteiger partial charge in [0.15, 0.2) is 11.6 Å². The van der Waals surface area contributed by atoms with E-state index in [4.69, 9.17) is 0 Å². The maximum absolute atomic E-state index is 13.6. The Labute approximate surface area is 120 Å². The maximum atomic E-state index is 13.6. The number of hydrogen-bond acceptors (Lipinski definition) is 5. The van der Waals surface area contributed by atoms with E-state index < -0.39 is 5.82 Å². The van der Waals surface area contributed by atoms with Crippen molar-refractivity contribution in [2.45, 2.75) is 32.6 Å². The molecule has 1 fully saturated rings. The van der Waals surface area contributed by atoms with Crippen LogP contribution < -0.4 is 10.6 Å². The summed E-state index contributed by atoms with van der Waals surface area (Å²) in [7, 11) is 0. The molecule has 0 amide bonds. The summed E-state index contributed by atoms with van der Waals surface area (Å²) in [6.45, 7) is 7.06. The minimum atomic E-state index is -0.395. The number of likely N-dealkylation sites (tertiary alicyclic amines) is 1. The summed E-state index contributed by atoms with van der Waals surface area (Å²) in [6.07, 6.45) is 5.81. The van der Waals surface area contributed by atoms with E-state index in [9.17, 15) is 4.39 Å². The van der Waals surface area contributed by atoms with Crippen LogP contribution in [-0.4, -0.2) is 47.6 Å². The third-order valence-corrected chi connectivity index (χ3v) is 3.42. The molecule has 1 saturated heterocycles. The molecule has 1 aliphatic heterocycles. The number of rotatable bonds is 8. The molecule has 0 spiro atoms. The molecule has 0 saturated carbocycles. The van der Waals surface area contributed by atoms with Crippen molar-refractivity contribution in [1.29, 1.82) is 0 Å². The van der Waals surface area contributed by atoms with Crippen LogP contribution in [0.4, 0.5) is 16.2 Å². The zero-order valence-electron chi connectivity index (χ0n) is 12.2. The van der Waals surface area contributed by atoms with Crippen LogP contribution in [0.2, 0.25) is 0 Å². The van der Waals surface area contributed by atoms with Crippen LogP contribution in [0.15, 0.2) is 6.20 Å². The Morgan fingerprint density at radius 1 is 1.25 bits per heavy atom. The van der Waals surface area contributed by atoms with Crippen molar-refractivity contribution in [2.75, 3.05) is 43.4 Å². The van der Waals surface area contributed by atoms with Crippen molar-refractivity contribution in [3.8, 4) is 0 Å². The van der Waals surface area contributed by atoms with Gasteiger partial charge in [-0.05, 0) is 45.3 Å². The Kier molecular flexibility index (Phi) is 5.98. The predicted octanol–water partition coefficient (Wildman–Crippen LogP) is 2.34. The highest BCUT2D eigenvalue weighted by Gasteiger charge is 2.11. The van der Waals surface area contributed by atoms with Gasteiger partial charge in [-0.2, -0.15) is 4.98 Å². The van der Waals surface area contributed by atoms with Gasteiger partial charge in [-0.3, -0.25) is 0 Å². The van der Waals surface area contributed by atoms with E-state index in [1.54, 1.807) is 0 Å². The molecule has 112 valence electrons. The summed E-state index contributed by atoms with van der Waals surface area (Å²) in [6, 6.07) is 0. The SMILES string of the molecule is CCCNc1ncc(F)c(NCCCN2CCCC2)n1. The molecule has 2 N–H and O–H groups in total. The average molecular weight is 281 g/mol. The summed E-state index contributed by atoms with van der Waals surface area (Å²) in [5.41, 5.74) is 0. The van der Waals surface area contributed by atoms with Crippen LogP contribution in [0.1, 0.15) is 32.6 Å². The van der Waals surface area contributed by atoms with E-state index in [-0.39, 0.29) is 0 Å². The van der Waals surface area contributed by atoms with Gasteiger partial charge in [0, 0.05) is 13.1 Å². The highest BCUT2D eigenvalue weighted by molar-refractivity contribution is 5.40. The van der Waals surface area contributed by atoms with Gasteiger partial charge in [0.05, 0.1) is 6.20 Å². The fraction of sp³-hybridized carbons (Fsp3) is 0.714. The fourth-order valence-corrected chi connectivity index (χ4v) is 2.33. The van der Waals surface area contributed by atoms with Gasteiger partial charge in [-0.1, -0.05) is 6.92 Å². The lowest BCUT2D eigenvalue weighted by atomic mass is 10.4. The van der Waals surface area contributed by atoms with Crippen molar-refractivity contribution >= 4 is 11.8 Å². The average Bonchev–Trinajstić information content (AvgIpc) is 2.97. The Balaban J connectivity index is 1.75. The van der Waals surface area contributed by atoms with E-state index in [0.717, 1.165) is 32.5 Å². The molecule has 0 radical (unpaired) electrons. The summed E-state index contributed by atoms with van der Waals surface area (Å²) in [5.74, 6) is 0.378. The second-order valence-electron chi connectivity index (χ2n) is 5.15.